The lowest BCUT2D eigenvalue weighted by Crippen LogP contribution is -2.39. The van der Waals surface area contributed by atoms with Crippen LogP contribution < -0.4 is 5.73 Å². The zero-order valence-electron chi connectivity index (χ0n) is 9.20. The molecular weight excluding hydrogens is 174 g/mol. The molecule has 2 N–H and O–H groups in total. The normalized spacial score (nSPS) is 16.8. The van der Waals surface area contributed by atoms with E-state index in [0.717, 1.165) is 12.8 Å². The molecule has 78 valence electrons. The number of rotatable bonds is 3. The Bertz CT molecular complexity index is 274. The van der Waals surface area contributed by atoms with Crippen molar-refractivity contribution in [3.63, 3.8) is 0 Å². The predicted octanol–water partition coefficient (Wildman–Crippen LogP) is 2.22. The second-order valence-corrected chi connectivity index (χ2v) is 4.15. The van der Waals surface area contributed by atoms with Crippen LogP contribution >= 0.6 is 0 Å². The van der Waals surface area contributed by atoms with Crippen LogP contribution in [0.5, 0.6) is 0 Å². The van der Waals surface area contributed by atoms with E-state index in [-0.39, 0.29) is 5.54 Å². The van der Waals surface area contributed by atoms with Gasteiger partial charge in [-0.1, -0.05) is 13.3 Å². The highest BCUT2D eigenvalue weighted by Crippen LogP contribution is 2.20. The molecule has 1 rings (SSSR count). The molecule has 1 heterocycles. The molecule has 0 radical (unpaired) electrons. The molecule has 0 fully saturated rings. The van der Waals surface area contributed by atoms with Gasteiger partial charge in [0, 0.05) is 11.7 Å². The lowest BCUT2D eigenvalue weighted by Gasteiger charge is -2.34. The van der Waals surface area contributed by atoms with E-state index in [2.05, 4.69) is 30.7 Å². The number of nitrogens with two attached hydrogens (primary N) is 1. The predicted molar refractivity (Wildman–Crippen MR) is 60.7 cm³/mol. The van der Waals surface area contributed by atoms with E-state index in [9.17, 15) is 0 Å². The molecule has 1 aliphatic rings. The molecule has 0 spiro atoms. The summed E-state index contributed by atoms with van der Waals surface area (Å²) in [7, 11) is 0. The van der Waals surface area contributed by atoms with Crippen LogP contribution in [0, 0.1) is 0 Å². The van der Waals surface area contributed by atoms with E-state index in [0.29, 0.717) is 5.82 Å². The van der Waals surface area contributed by atoms with Crippen molar-refractivity contribution >= 4 is 6.34 Å². The molecule has 0 aliphatic carbocycles. The standard InChI is InChI=1S/C11H19N3/c1-4-7-11(2,3)14-8-5-6-10(12)13-9-14/h5-6,8-9H,4,7,12H2,1-3H3. The van der Waals surface area contributed by atoms with Gasteiger partial charge < -0.3 is 10.6 Å². The summed E-state index contributed by atoms with van der Waals surface area (Å²) in [4.78, 5) is 6.23. The first kappa shape index (κ1) is 10.8. The Morgan fingerprint density at radius 3 is 2.86 bits per heavy atom. The molecule has 0 aromatic heterocycles. The third kappa shape index (κ3) is 2.62. The quantitative estimate of drug-likeness (QED) is 0.746. The summed E-state index contributed by atoms with van der Waals surface area (Å²) in [6.45, 7) is 6.59. The fourth-order valence-electron chi connectivity index (χ4n) is 1.54. The average Bonchev–Trinajstić information content (AvgIpc) is 2.30. The van der Waals surface area contributed by atoms with Crippen molar-refractivity contribution in [3.8, 4) is 0 Å². The molecule has 0 unspecified atom stereocenters. The first-order valence-corrected chi connectivity index (χ1v) is 5.03. The zero-order chi connectivity index (χ0) is 10.6. The summed E-state index contributed by atoms with van der Waals surface area (Å²) in [6, 6.07) is 0. The van der Waals surface area contributed by atoms with E-state index in [1.807, 2.05) is 12.3 Å². The maximum Gasteiger partial charge on any atom is 0.125 e. The molecular formula is C11H19N3. The smallest absolute Gasteiger partial charge is 0.125 e. The minimum atomic E-state index is 0.104. The molecule has 0 saturated carbocycles. The fourth-order valence-corrected chi connectivity index (χ4v) is 1.54. The molecule has 3 nitrogen and oxygen atoms in total. The summed E-state index contributed by atoms with van der Waals surface area (Å²) < 4.78 is 0. The minimum absolute atomic E-state index is 0.104. The van der Waals surface area contributed by atoms with Crippen molar-refractivity contribution in [1.29, 1.82) is 0 Å². The van der Waals surface area contributed by atoms with Crippen LogP contribution in [-0.4, -0.2) is 16.8 Å². The monoisotopic (exact) mass is 193 g/mol. The van der Waals surface area contributed by atoms with E-state index in [1.54, 1.807) is 12.4 Å². The lowest BCUT2D eigenvalue weighted by atomic mass is 9.97. The average molecular weight is 193 g/mol. The topological polar surface area (TPSA) is 41.6 Å². The van der Waals surface area contributed by atoms with Crippen molar-refractivity contribution < 1.29 is 0 Å². The molecule has 3 heteroatoms. The van der Waals surface area contributed by atoms with Gasteiger partial charge in [0.05, 0.1) is 6.34 Å². The molecule has 0 aromatic carbocycles. The van der Waals surface area contributed by atoms with Crippen LogP contribution in [-0.2, 0) is 0 Å². The van der Waals surface area contributed by atoms with E-state index >= 15 is 0 Å². The first-order valence-electron chi connectivity index (χ1n) is 5.03. The Kier molecular flexibility index (Phi) is 3.33. The van der Waals surface area contributed by atoms with Crippen LogP contribution in [0.2, 0.25) is 0 Å². The Balaban J connectivity index is 2.76. The van der Waals surface area contributed by atoms with Gasteiger partial charge >= 0.3 is 0 Å². The van der Waals surface area contributed by atoms with Crippen molar-refractivity contribution in [3.05, 3.63) is 24.2 Å². The highest BCUT2D eigenvalue weighted by atomic mass is 15.2. The van der Waals surface area contributed by atoms with Gasteiger partial charge in [0.1, 0.15) is 5.82 Å². The maximum absolute atomic E-state index is 5.60. The van der Waals surface area contributed by atoms with Gasteiger partial charge in [-0.25, -0.2) is 4.99 Å². The molecule has 0 atom stereocenters. The van der Waals surface area contributed by atoms with Crippen LogP contribution in [0.25, 0.3) is 0 Å². The zero-order valence-corrected chi connectivity index (χ0v) is 9.20. The number of hydrogen-bond donors (Lipinski definition) is 1. The summed E-state index contributed by atoms with van der Waals surface area (Å²) in [6.07, 6.45) is 9.83. The van der Waals surface area contributed by atoms with Gasteiger partial charge in [-0.05, 0) is 32.4 Å². The number of nitrogens with zero attached hydrogens (tertiary/aromatic N) is 2. The number of aliphatic imine (C=N–C) groups is 1. The number of allylic oxidation sites excluding steroid dienone is 2. The molecule has 0 aromatic rings. The van der Waals surface area contributed by atoms with Gasteiger partial charge in [0.25, 0.3) is 0 Å². The Labute approximate surface area is 86.0 Å². The van der Waals surface area contributed by atoms with Gasteiger partial charge in [-0.2, -0.15) is 0 Å². The van der Waals surface area contributed by atoms with E-state index in [1.165, 1.54) is 0 Å². The Morgan fingerprint density at radius 2 is 2.21 bits per heavy atom. The van der Waals surface area contributed by atoms with Crippen LogP contribution in [0.1, 0.15) is 33.6 Å². The van der Waals surface area contributed by atoms with E-state index in [4.69, 9.17) is 5.73 Å². The van der Waals surface area contributed by atoms with Crippen LogP contribution in [0.4, 0.5) is 0 Å². The summed E-state index contributed by atoms with van der Waals surface area (Å²) in [5, 5.41) is 0. The van der Waals surface area contributed by atoms with Gasteiger partial charge in [0.15, 0.2) is 0 Å². The maximum atomic E-state index is 5.60. The summed E-state index contributed by atoms with van der Waals surface area (Å²) in [5.41, 5.74) is 5.70. The Hall–Kier alpha value is -1.25. The van der Waals surface area contributed by atoms with Crippen molar-refractivity contribution in [2.45, 2.75) is 39.2 Å². The second-order valence-electron chi connectivity index (χ2n) is 4.15. The first-order chi connectivity index (χ1) is 6.56. The van der Waals surface area contributed by atoms with Gasteiger partial charge in [-0.15, -0.1) is 0 Å². The number of hydrogen-bond acceptors (Lipinski definition) is 3. The van der Waals surface area contributed by atoms with E-state index < -0.39 is 0 Å². The third-order valence-corrected chi connectivity index (χ3v) is 2.41. The summed E-state index contributed by atoms with van der Waals surface area (Å²) >= 11 is 0. The van der Waals surface area contributed by atoms with Gasteiger partial charge in [0.2, 0.25) is 0 Å². The second kappa shape index (κ2) is 4.31. The van der Waals surface area contributed by atoms with Crippen molar-refractivity contribution in [1.82, 2.24) is 4.90 Å². The highest BCUT2D eigenvalue weighted by Gasteiger charge is 2.22. The minimum Gasteiger partial charge on any atom is -0.384 e. The molecule has 0 amide bonds. The molecule has 1 aliphatic heterocycles. The van der Waals surface area contributed by atoms with Crippen molar-refractivity contribution in [2.24, 2.45) is 10.7 Å². The molecule has 14 heavy (non-hydrogen) atoms. The largest absolute Gasteiger partial charge is 0.384 e. The molecule has 0 saturated heterocycles. The highest BCUT2D eigenvalue weighted by molar-refractivity contribution is 5.60. The van der Waals surface area contributed by atoms with Crippen molar-refractivity contribution in [2.75, 3.05) is 0 Å². The fraction of sp³-hybridized carbons (Fsp3) is 0.545. The lowest BCUT2D eigenvalue weighted by molar-refractivity contribution is 0.267. The SMILES string of the molecule is CCCC(C)(C)N1C=CC=C(N)N=C1. The van der Waals surface area contributed by atoms with Crippen LogP contribution in [0.15, 0.2) is 29.2 Å². The Morgan fingerprint density at radius 1 is 1.50 bits per heavy atom. The van der Waals surface area contributed by atoms with Gasteiger partial charge in [-0.3, -0.25) is 0 Å². The molecule has 0 bridgehead atoms. The summed E-state index contributed by atoms with van der Waals surface area (Å²) in [5.74, 6) is 0.552. The van der Waals surface area contributed by atoms with Crippen LogP contribution in [0.3, 0.4) is 0 Å². The third-order valence-electron chi connectivity index (χ3n) is 2.41.